The number of carbonyl (C=O) groups excluding carboxylic acids is 1. The summed E-state index contributed by atoms with van der Waals surface area (Å²) in [7, 11) is 5.75. The summed E-state index contributed by atoms with van der Waals surface area (Å²) >= 11 is 0. The van der Waals surface area contributed by atoms with Crippen LogP contribution in [0.3, 0.4) is 0 Å². The third kappa shape index (κ3) is 5.63. The smallest absolute Gasteiger partial charge is 0.317 e. The minimum atomic E-state index is 0.0444. The molecule has 1 N–H and O–H groups in total. The van der Waals surface area contributed by atoms with Gasteiger partial charge in [0.1, 0.15) is 5.75 Å². The van der Waals surface area contributed by atoms with E-state index >= 15 is 0 Å². The lowest BCUT2D eigenvalue weighted by molar-refractivity contribution is 0.107. The number of nitrogens with one attached hydrogen (secondary N) is 1. The van der Waals surface area contributed by atoms with Gasteiger partial charge in [-0.1, -0.05) is 26.0 Å². The Morgan fingerprint density at radius 3 is 2.68 bits per heavy atom. The van der Waals surface area contributed by atoms with Crippen LogP contribution in [0.25, 0.3) is 0 Å². The largest absolute Gasteiger partial charge is 0.497 e. The Bertz CT molecular complexity index is 546. The minimum Gasteiger partial charge on any atom is -0.497 e. The molecule has 1 saturated heterocycles. The van der Waals surface area contributed by atoms with Crippen LogP contribution in [0.1, 0.15) is 25.8 Å². The molecule has 2 amide bonds. The molecule has 0 spiro atoms. The molecular weight excluding hydrogens is 314 g/mol. The van der Waals surface area contributed by atoms with E-state index in [1.807, 2.05) is 24.1 Å². The zero-order valence-corrected chi connectivity index (χ0v) is 16.3. The van der Waals surface area contributed by atoms with Crippen molar-refractivity contribution in [3.05, 3.63) is 29.8 Å². The number of piperidine rings is 1. The van der Waals surface area contributed by atoms with E-state index in [1.165, 1.54) is 5.56 Å². The van der Waals surface area contributed by atoms with Crippen molar-refractivity contribution in [3.63, 3.8) is 0 Å². The summed E-state index contributed by atoms with van der Waals surface area (Å²) < 4.78 is 5.19. The number of hydrogen-bond donors (Lipinski definition) is 1. The van der Waals surface area contributed by atoms with Crippen LogP contribution in [0.2, 0.25) is 0 Å². The first-order valence-corrected chi connectivity index (χ1v) is 9.22. The van der Waals surface area contributed by atoms with E-state index in [1.54, 1.807) is 7.11 Å². The molecule has 1 aliphatic rings. The Labute approximate surface area is 152 Å². The number of ether oxygens (including phenoxy) is 1. The molecule has 1 heterocycles. The molecule has 0 radical (unpaired) electrons. The zero-order chi connectivity index (χ0) is 18.4. The molecule has 0 aliphatic carbocycles. The predicted molar refractivity (Wildman–Crippen MR) is 102 cm³/mol. The van der Waals surface area contributed by atoms with Crippen molar-refractivity contribution in [3.8, 4) is 5.75 Å². The zero-order valence-electron chi connectivity index (χ0n) is 16.3. The first kappa shape index (κ1) is 19.6. The van der Waals surface area contributed by atoms with Gasteiger partial charge in [-0.25, -0.2) is 4.79 Å². The van der Waals surface area contributed by atoms with E-state index in [0.29, 0.717) is 24.4 Å². The van der Waals surface area contributed by atoms with Crippen LogP contribution in [0.15, 0.2) is 24.3 Å². The SMILES string of the molecule is COc1ccc(C[C@@H](C)CNC(=O)N(C)[C@H]2CCN(C)C[C@@H]2C)cc1. The van der Waals surface area contributed by atoms with Gasteiger partial charge in [0.15, 0.2) is 0 Å². The van der Waals surface area contributed by atoms with Gasteiger partial charge in [-0.05, 0) is 56.0 Å². The van der Waals surface area contributed by atoms with Crippen molar-refractivity contribution in [1.29, 1.82) is 0 Å². The lowest BCUT2D eigenvalue weighted by Crippen LogP contribution is -2.52. The monoisotopic (exact) mass is 347 g/mol. The van der Waals surface area contributed by atoms with Gasteiger partial charge >= 0.3 is 6.03 Å². The fourth-order valence-electron chi connectivity index (χ4n) is 3.69. The van der Waals surface area contributed by atoms with E-state index < -0.39 is 0 Å². The van der Waals surface area contributed by atoms with E-state index in [9.17, 15) is 4.79 Å². The highest BCUT2D eigenvalue weighted by molar-refractivity contribution is 5.74. The lowest BCUT2D eigenvalue weighted by Gasteiger charge is -2.40. The third-order valence-electron chi connectivity index (χ3n) is 5.23. The topological polar surface area (TPSA) is 44.8 Å². The number of nitrogens with zero attached hydrogens (tertiary/aromatic N) is 2. The van der Waals surface area contributed by atoms with Gasteiger partial charge in [0.05, 0.1) is 7.11 Å². The molecule has 5 heteroatoms. The third-order valence-corrected chi connectivity index (χ3v) is 5.23. The quantitative estimate of drug-likeness (QED) is 0.861. The number of hydrogen-bond acceptors (Lipinski definition) is 3. The summed E-state index contributed by atoms with van der Waals surface area (Å²) in [4.78, 5) is 16.7. The number of urea groups is 1. The molecule has 1 aromatic rings. The molecule has 25 heavy (non-hydrogen) atoms. The van der Waals surface area contributed by atoms with Crippen LogP contribution in [0, 0.1) is 11.8 Å². The summed E-state index contributed by atoms with van der Waals surface area (Å²) in [5, 5.41) is 3.10. The van der Waals surface area contributed by atoms with Crippen LogP contribution < -0.4 is 10.1 Å². The number of carbonyl (C=O) groups is 1. The van der Waals surface area contributed by atoms with Crippen LogP contribution in [-0.2, 0) is 6.42 Å². The fraction of sp³-hybridized carbons (Fsp3) is 0.650. The van der Waals surface area contributed by atoms with E-state index in [0.717, 1.165) is 31.7 Å². The maximum Gasteiger partial charge on any atom is 0.317 e. The highest BCUT2D eigenvalue weighted by Crippen LogP contribution is 2.20. The van der Waals surface area contributed by atoms with Crippen LogP contribution in [-0.4, -0.2) is 62.7 Å². The molecule has 1 fully saturated rings. The molecule has 2 rings (SSSR count). The summed E-state index contributed by atoms with van der Waals surface area (Å²) in [6.07, 6.45) is 1.99. The molecule has 5 nitrogen and oxygen atoms in total. The first-order chi connectivity index (χ1) is 11.9. The van der Waals surface area contributed by atoms with Gasteiger partial charge < -0.3 is 19.9 Å². The Morgan fingerprint density at radius 2 is 2.08 bits per heavy atom. The molecule has 140 valence electrons. The Hall–Kier alpha value is -1.75. The van der Waals surface area contributed by atoms with Crippen molar-refractivity contribution in [2.45, 2.75) is 32.7 Å². The molecule has 1 aromatic carbocycles. The lowest BCUT2D eigenvalue weighted by atomic mass is 9.93. The number of amides is 2. The second kappa shape index (κ2) is 9.09. The number of benzene rings is 1. The number of methoxy groups -OCH3 is 1. The summed E-state index contributed by atoms with van der Waals surface area (Å²) in [6.45, 7) is 7.20. The molecule has 3 atom stereocenters. The van der Waals surface area contributed by atoms with Crippen LogP contribution in [0.4, 0.5) is 4.79 Å². The molecule has 0 bridgehead atoms. The maximum absolute atomic E-state index is 12.5. The van der Waals surface area contributed by atoms with Gasteiger partial charge in [-0.15, -0.1) is 0 Å². The van der Waals surface area contributed by atoms with Gasteiger partial charge in [0.2, 0.25) is 0 Å². The highest BCUT2D eigenvalue weighted by Gasteiger charge is 2.29. The van der Waals surface area contributed by atoms with Gasteiger partial charge in [-0.2, -0.15) is 0 Å². The van der Waals surface area contributed by atoms with Crippen molar-refractivity contribution < 1.29 is 9.53 Å². The Morgan fingerprint density at radius 1 is 1.40 bits per heavy atom. The molecule has 0 aromatic heterocycles. The van der Waals surface area contributed by atoms with Gasteiger partial charge in [0, 0.05) is 26.2 Å². The van der Waals surface area contributed by atoms with Crippen LogP contribution >= 0.6 is 0 Å². The van der Waals surface area contributed by atoms with E-state index in [-0.39, 0.29) is 6.03 Å². The van der Waals surface area contributed by atoms with Crippen molar-refractivity contribution >= 4 is 6.03 Å². The average molecular weight is 348 g/mol. The standard InChI is InChI=1S/C20H33N3O2/c1-15(12-17-6-8-18(25-5)9-7-17)13-21-20(24)23(4)19-10-11-22(3)14-16(19)2/h6-9,15-16,19H,10-14H2,1-5H3,(H,21,24)/t15-,16+,19+/m1/s1. The summed E-state index contributed by atoms with van der Waals surface area (Å²) in [5.74, 6) is 1.77. The average Bonchev–Trinajstić information content (AvgIpc) is 2.60. The fourth-order valence-corrected chi connectivity index (χ4v) is 3.69. The van der Waals surface area contributed by atoms with Crippen molar-refractivity contribution in [1.82, 2.24) is 15.1 Å². The summed E-state index contributed by atoms with van der Waals surface area (Å²) in [5.41, 5.74) is 1.26. The van der Waals surface area contributed by atoms with Gasteiger partial charge in [0.25, 0.3) is 0 Å². The molecular formula is C20H33N3O2. The molecule has 0 saturated carbocycles. The Balaban J connectivity index is 1.78. The molecule has 0 unspecified atom stereocenters. The minimum absolute atomic E-state index is 0.0444. The normalized spacial score (nSPS) is 22.3. The second-order valence-electron chi connectivity index (χ2n) is 7.55. The van der Waals surface area contributed by atoms with E-state index in [4.69, 9.17) is 4.74 Å². The predicted octanol–water partition coefficient (Wildman–Crippen LogP) is 2.86. The van der Waals surface area contributed by atoms with Gasteiger partial charge in [-0.3, -0.25) is 0 Å². The van der Waals surface area contributed by atoms with Crippen molar-refractivity contribution in [2.24, 2.45) is 11.8 Å². The maximum atomic E-state index is 12.5. The number of rotatable bonds is 6. The van der Waals surface area contributed by atoms with Crippen molar-refractivity contribution in [2.75, 3.05) is 40.8 Å². The summed E-state index contributed by atoms with van der Waals surface area (Å²) in [6, 6.07) is 8.51. The van der Waals surface area contributed by atoms with Crippen LogP contribution in [0.5, 0.6) is 5.75 Å². The molecule has 1 aliphatic heterocycles. The first-order valence-electron chi connectivity index (χ1n) is 9.22. The Kier molecular flexibility index (Phi) is 7.12. The second-order valence-corrected chi connectivity index (χ2v) is 7.55. The number of likely N-dealkylation sites (tertiary alicyclic amines) is 1. The highest BCUT2D eigenvalue weighted by atomic mass is 16.5. The van der Waals surface area contributed by atoms with E-state index in [2.05, 4.69) is 43.2 Å².